The van der Waals surface area contributed by atoms with Gasteiger partial charge in [-0.15, -0.1) is 0 Å². The van der Waals surface area contributed by atoms with Gasteiger partial charge in [-0.1, -0.05) is 98.8 Å². The minimum Gasteiger partial charge on any atom is -0.481 e. The van der Waals surface area contributed by atoms with E-state index in [0.29, 0.717) is 0 Å². The highest BCUT2D eigenvalue weighted by molar-refractivity contribution is 5.71. The van der Waals surface area contributed by atoms with E-state index < -0.39 is 173 Å². The second-order valence-electron chi connectivity index (χ2n) is 16.9. The van der Waals surface area contributed by atoms with Gasteiger partial charge in [0, 0.05) is 45.7 Å². The fraction of sp³-hybridized carbons (Fsp3) is 0.660. The predicted octanol–water partition coefficient (Wildman–Crippen LogP) is 0.712. The van der Waals surface area contributed by atoms with Crippen LogP contribution in [0.4, 0.5) is 0 Å². The van der Waals surface area contributed by atoms with Crippen LogP contribution >= 0.6 is 0 Å². The van der Waals surface area contributed by atoms with Crippen LogP contribution in [0.3, 0.4) is 0 Å². The Morgan fingerprint density at radius 2 is 1.31 bits per heavy atom. The normalized spacial score (nSPS) is 43.8. The Morgan fingerprint density at radius 3 is 1.89 bits per heavy atom. The molecule has 3 rings (SSSR count). The number of cyclic esters (lactones) is 1. The monoisotopic (exact) mass is 930 g/mol. The van der Waals surface area contributed by atoms with Gasteiger partial charge in [0.15, 0.2) is 12.1 Å². The van der Waals surface area contributed by atoms with Gasteiger partial charge < -0.3 is 80.9 Å². The molecule has 3 heterocycles. The van der Waals surface area contributed by atoms with Crippen molar-refractivity contribution in [3.63, 3.8) is 0 Å². The van der Waals surface area contributed by atoms with E-state index in [1.807, 2.05) is 0 Å². The quantitative estimate of drug-likeness (QED) is 0.174. The molecule has 65 heavy (non-hydrogen) atoms. The highest BCUT2D eigenvalue weighted by Gasteiger charge is 2.51. The number of aliphatic hydroxyl groups is 10. The summed E-state index contributed by atoms with van der Waals surface area (Å²) in [6.07, 6.45) is -3.47. The summed E-state index contributed by atoms with van der Waals surface area (Å²) in [5.74, 6) is -10.2. The van der Waals surface area contributed by atoms with E-state index in [2.05, 4.69) is 0 Å². The van der Waals surface area contributed by atoms with Crippen molar-refractivity contribution in [1.29, 1.82) is 0 Å². The maximum Gasteiger partial charge on any atom is 0.311 e. The third-order valence-corrected chi connectivity index (χ3v) is 11.3. The number of carbonyl (C=O) groups excluding carboxylic acids is 1. The number of hydrogen-bond donors (Lipinski definition) is 12. The zero-order valence-electron chi connectivity index (χ0n) is 42.6. The first-order valence-corrected chi connectivity index (χ1v) is 21.7. The Balaban J connectivity index is 1.94. The summed E-state index contributed by atoms with van der Waals surface area (Å²) in [6, 6.07) is -1.19. The molecule has 2 saturated heterocycles. The maximum absolute atomic E-state index is 12.8. The van der Waals surface area contributed by atoms with Crippen LogP contribution in [0.1, 0.15) is 87.1 Å². The average molecular weight is 930 g/mol. The number of carboxylic acid groups (broad SMARTS) is 1. The van der Waals surface area contributed by atoms with Gasteiger partial charge in [0.25, 0.3) is 0 Å². The number of aliphatic carboxylic acids is 1. The van der Waals surface area contributed by atoms with Gasteiger partial charge in [0.2, 0.25) is 0 Å². The number of hydrogen-bond acceptors (Lipinski definition) is 17. The average Bonchev–Trinajstić information content (AvgIpc) is 3.22. The van der Waals surface area contributed by atoms with Crippen LogP contribution in [0.5, 0.6) is 0 Å². The molecule has 3 aliphatic rings. The van der Waals surface area contributed by atoms with Crippen molar-refractivity contribution < 1.29 is 92.9 Å². The van der Waals surface area contributed by atoms with Gasteiger partial charge in [-0.3, -0.25) is 9.59 Å². The second kappa shape index (κ2) is 27.4. The summed E-state index contributed by atoms with van der Waals surface area (Å²) < 4.78 is 71.1. The molecule has 0 saturated carbocycles. The lowest BCUT2D eigenvalue weighted by atomic mass is 9.82. The molecule has 18 heteroatoms. The fourth-order valence-corrected chi connectivity index (χ4v) is 7.62. The molecule has 3 aliphatic heterocycles. The van der Waals surface area contributed by atoms with Crippen LogP contribution in [0.2, 0.25) is 0 Å². The molecule has 0 amide bonds. The summed E-state index contributed by atoms with van der Waals surface area (Å²) in [7, 11) is 0. The van der Waals surface area contributed by atoms with E-state index >= 15 is 0 Å². The zero-order chi connectivity index (χ0) is 53.4. The van der Waals surface area contributed by atoms with Crippen LogP contribution in [0, 0.1) is 17.8 Å². The number of esters is 1. The number of nitrogens with two attached hydrogens (primary N) is 1. The summed E-state index contributed by atoms with van der Waals surface area (Å²) in [4.78, 5) is 25.3. The number of fused-ring (bicyclic) bond motifs is 2. The third-order valence-electron chi connectivity index (χ3n) is 11.3. The second-order valence-corrected chi connectivity index (χ2v) is 16.9. The molecule has 18 nitrogen and oxygen atoms in total. The SMILES string of the molecule is [2H]C([2H])([2H])[C@@H]1[C@H](O)[C@@H](C([2H])([2H])[2H])C=CC=CC=CC=CC=CC=CC=C[C@H](O[C@@H]2O[C@H](C)[C@@H](O)[C@H](N)[C@@H]2O)C[C@@H]2O[C@](O)(C[C@@H](O)C[C@@H](O)[C@H](O)CC[C@@H](O)C[C@@H](O)CC(=O)O[C@H]1C)C[C@H](O)[C@H]2C(=O)O. The molecular formula is C47H73NO17. The van der Waals surface area contributed by atoms with Crippen LogP contribution in [-0.2, 0) is 28.5 Å². The molecule has 368 valence electrons. The van der Waals surface area contributed by atoms with Crippen molar-refractivity contribution in [3.05, 3.63) is 85.1 Å². The Labute approximate surface area is 389 Å². The summed E-state index contributed by atoms with van der Waals surface area (Å²) in [5.41, 5.74) is 6.01. The number of allylic oxidation sites excluding steroid dienone is 12. The Bertz CT molecular complexity index is 1880. The van der Waals surface area contributed by atoms with Crippen molar-refractivity contribution in [2.45, 2.75) is 176 Å². The molecule has 0 aromatic rings. The van der Waals surface area contributed by atoms with E-state index in [1.165, 1.54) is 31.2 Å². The minimum atomic E-state index is -3.01. The van der Waals surface area contributed by atoms with Crippen molar-refractivity contribution in [1.82, 2.24) is 0 Å². The Morgan fingerprint density at radius 1 is 0.708 bits per heavy atom. The molecule has 13 N–H and O–H groups in total. The molecular weight excluding hydrogens is 851 g/mol. The van der Waals surface area contributed by atoms with Crippen LogP contribution in [0.25, 0.3) is 0 Å². The van der Waals surface area contributed by atoms with Crippen molar-refractivity contribution in [2.75, 3.05) is 0 Å². The first kappa shape index (κ1) is 46.7. The van der Waals surface area contributed by atoms with E-state index in [-0.39, 0.29) is 19.3 Å². The van der Waals surface area contributed by atoms with Gasteiger partial charge in [-0.25, -0.2) is 0 Å². The van der Waals surface area contributed by atoms with Crippen molar-refractivity contribution >= 4 is 11.9 Å². The maximum atomic E-state index is 12.8. The van der Waals surface area contributed by atoms with Crippen LogP contribution in [-0.4, -0.2) is 166 Å². The van der Waals surface area contributed by atoms with E-state index in [9.17, 15) is 65.8 Å². The topological polar surface area (TPSA) is 320 Å². The van der Waals surface area contributed by atoms with Gasteiger partial charge in [0.05, 0.1) is 79.6 Å². The van der Waals surface area contributed by atoms with Gasteiger partial charge in [-0.2, -0.15) is 0 Å². The molecule has 0 radical (unpaired) electrons. The smallest absolute Gasteiger partial charge is 0.311 e. The van der Waals surface area contributed by atoms with Gasteiger partial charge >= 0.3 is 11.9 Å². The fourth-order valence-electron chi connectivity index (χ4n) is 7.62. The summed E-state index contributed by atoms with van der Waals surface area (Å²) in [6.45, 7) is -3.23. The lowest BCUT2D eigenvalue weighted by Gasteiger charge is -2.45. The minimum absolute atomic E-state index is 0.243. The molecule has 0 aromatic heterocycles. The number of carboxylic acids is 1. The first-order valence-electron chi connectivity index (χ1n) is 24.7. The zero-order valence-corrected chi connectivity index (χ0v) is 36.6. The van der Waals surface area contributed by atoms with E-state index in [0.717, 1.165) is 13.0 Å². The van der Waals surface area contributed by atoms with E-state index in [4.69, 9.17) is 32.9 Å². The van der Waals surface area contributed by atoms with Crippen LogP contribution < -0.4 is 5.73 Å². The lowest BCUT2D eigenvalue weighted by molar-refractivity contribution is -0.308. The molecule has 0 spiro atoms. The van der Waals surface area contributed by atoms with Crippen LogP contribution in [0.15, 0.2) is 85.1 Å². The predicted molar refractivity (Wildman–Crippen MR) is 237 cm³/mol. The lowest BCUT2D eigenvalue weighted by Crippen LogP contribution is -2.61. The number of aliphatic hydroxyl groups excluding tert-OH is 9. The molecule has 2 fully saturated rings. The number of rotatable bonds is 3. The number of ether oxygens (including phenoxy) is 4. The van der Waals surface area contributed by atoms with Crippen molar-refractivity contribution in [3.8, 4) is 0 Å². The molecule has 2 bridgehead atoms. The standard InChI is InChI=1S/C47H73NO17/c1-27-17-15-13-11-9-7-5-6-8-10-12-14-16-18-34(64-46-44(58)41(48)43(57)30(4)63-46)24-38-40(45(59)60)37(54)26-47(61,65-38)25-33(51)22-36(53)35(52)20-19-31(49)21-32(50)23-39(55)62-29(3)28(2)42(27)56/h5-18,27-38,40-44,46,49-54,56-58,61H,19-26,48H2,1-4H3,(H,59,60)/t27-,28-,29-,30+,31+,32+,33-,34-,35+,36+,37-,38-,40+,41-,42+,43+,44-,46-,47+/m0/s1/i1D3,2D3. The first-order chi connectivity index (χ1) is 33.0. The molecule has 0 aliphatic carbocycles. The van der Waals surface area contributed by atoms with Gasteiger partial charge in [-0.05, 0) is 33.1 Å². The molecule has 19 atom stereocenters. The largest absolute Gasteiger partial charge is 0.481 e. The summed E-state index contributed by atoms with van der Waals surface area (Å²) in [5, 5.41) is 119. The van der Waals surface area contributed by atoms with Crippen molar-refractivity contribution in [2.24, 2.45) is 23.5 Å². The molecule has 0 aromatic carbocycles. The number of carbonyl (C=O) groups is 2. The highest BCUT2D eigenvalue weighted by Crippen LogP contribution is 2.38. The molecule has 0 unspecified atom stereocenters. The highest BCUT2D eigenvalue weighted by atomic mass is 16.7. The Hall–Kier alpha value is -3.44. The Kier molecular flexibility index (Phi) is 19.7. The van der Waals surface area contributed by atoms with Gasteiger partial charge in [0.1, 0.15) is 18.1 Å². The summed E-state index contributed by atoms with van der Waals surface area (Å²) >= 11 is 0. The van der Waals surface area contributed by atoms with E-state index in [1.54, 1.807) is 54.7 Å². The third kappa shape index (κ3) is 18.6.